The molecule has 1 amide bonds. The number of pyridine rings is 1. The van der Waals surface area contributed by atoms with E-state index in [1.54, 1.807) is 39.2 Å². The van der Waals surface area contributed by atoms with Crippen molar-refractivity contribution in [3.8, 4) is 0 Å². The summed E-state index contributed by atoms with van der Waals surface area (Å²) in [5, 5.41) is 0. The van der Waals surface area contributed by atoms with Gasteiger partial charge in [0.15, 0.2) is 11.6 Å². The molecule has 1 aromatic rings. The molecule has 0 spiro atoms. The molecule has 0 radical (unpaired) electrons. The first-order valence-electron chi connectivity index (χ1n) is 7.50. The lowest BCUT2D eigenvalue weighted by molar-refractivity contribution is -0.118. The van der Waals surface area contributed by atoms with E-state index in [2.05, 4.69) is 4.98 Å². The zero-order valence-corrected chi connectivity index (χ0v) is 13.6. The van der Waals surface area contributed by atoms with E-state index in [9.17, 15) is 14.4 Å². The Labute approximate surface area is 135 Å². The zero-order valence-electron chi connectivity index (χ0n) is 13.6. The van der Waals surface area contributed by atoms with Gasteiger partial charge in [-0.05, 0) is 38.8 Å². The number of amides is 1. The highest BCUT2D eigenvalue weighted by molar-refractivity contribution is 6.25. The number of carbonyl (C=O) groups excluding carboxylic acids is 3. The molecule has 0 bridgehead atoms. The number of ketones is 2. The molecule has 2 rings (SSSR count). The first-order valence-corrected chi connectivity index (χ1v) is 7.50. The summed E-state index contributed by atoms with van der Waals surface area (Å²) in [5.74, 6) is -1.06. The number of aromatic nitrogens is 1. The van der Waals surface area contributed by atoms with Gasteiger partial charge >= 0.3 is 0 Å². The Morgan fingerprint density at radius 2 is 1.78 bits per heavy atom. The summed E-state index contributed by atoms with van der Waals surface area (Å²) in [6, 6.07) is 3.61. The zero-order chi connectivity index (χ0) is 17.1. The minimum absolute atomic E-state index is 0.120. The van der Waals surface area contributed by atoms with E-state index in [1.165, 1.54) is 0 Å². The molecule has 0 aromatic carbocycles. The lowest BCUT2D eigenvalue weighted by Gasteiger charge is -2.25. The first kappa shape index (κ1) is 16.8. The van der Waals surface area contributed by atoms with Crippen molar-refractivity contribution >= 4 is 17.5 Å². The molecule has 5 heteroatoms. The molecule has 0 saturated carbocycles. The molecular weight excluding hydrogens is 292 g/mol. The Balaban J connectivity index is 2.52. The highest BCUT2D eigenvalue weighted by Gasteiger charge is 2.33. The van der Waals surface area contributed by atoms with Crippen molar-refractivity contribution in [3.05, 3.63) is 52.4 Å². The van der Waals surface area contributed by atoms with Gasteiger partial charge in [-0.15, -0.1) is 0 Å². The van der Waals surface area contributed by atoms with Crippen molar-refractivity contribution in [1.29, 1.82) is 0 Å². The summed E-state index contributed by atoms with van der Waals surface area (Å²) in [7, 11) is 0. The fourth-order valence-corrected chi connectivity index (χ4v) is 2.88. The number of primary amides is 1. The smallest absolute Gasteiger partial charge is 0.217 e. The van der Waals surface area contributed by atoms with Gasteiger partial charge in [-0.1, -0.05) is 6.07 Å². The SMILES string of the molecule is CC1=C(C)C(=O)C(C(CCC(N)=O)c2cccnc2)=C(C)C1=O. The Kier molecular flexibility index (Phi) is 4.89. The molecule has 2 N–H and O–H groups in total. The number of hydrogen-bond donors (Lipinski definition) is 1. The van der Waals surface area contributed by atoms with Crippen molar-refractivity contribution in [3.63, 3.8) is 0 Å². The Morgan fingerprint density at radius 3 is 2.35 bits per heavy atom. The number of allylic oxidation sites excluding steroid dienone is 4. The molecule has 120 valence electrons. The number of carbonyl (C=O) groups is 3. The van der Waals surface area contributed by atoms with Crippen LogP contribution in [0.15, 0.2) is 46.8 Å². The van der Waals surface area contributed by atoms with E-state index in [1.807, 2.05) is 6.07 Å². The molecule has 1 atom stereocenters. The summed E-state index contributed by atoms with van der Waals surface area (Å²) in [6.45, 7) is 4.99. The summed E-state index contributed by atoms with van der Waals surface area (Å²) in [6.07, 6.45) is 3.81. The van der Waals surface area contributed by atoms with Crippen molar-refractivity contribution in [2.45, 2.75) is 39.5 Å². The lowest BCUT2D eigenvalue weighted by atomic mass is 9.76. The van der Waals surface area contributed by atoms with E-state index in [4.69, 9.17) is 5.73 Å². The molecule has 1 aliphatic rings. The fourth-order valence-electron chi connectivity index (χ4n) is 2.88. The average molecular weight is 312 g/mol. The van der Waals surface area contributed by atoms with Crippen LogP contribution in [0.5, 0.6) is 0 Å². The van der Waals surface area contributed by atoms with Crippen LogP contribution in [-0.2, 0) is 14.4 Å². The normalized spacial score (nSPS) is 16.8. The Bertz CT molecular complexity index is 730. The van der Waals surface area contributed by atoms with E-state index >= 15 is 0 Å². The largest absolute Gasteiger partial charge is 0.370 e. The van der Waals surface area contributed by atoms with Crippen LogP contribution >= 0.6 is 0 Å². The summed E-state index contributed by atoms with van der Waals surface area (Å²) in [5.41, 5.74) is 7.90. The van der Waals surface area contributed by atoms with Crippen molar-refractivity contribution < 1.29 is 14.4 Å². The molecule has 1 heterocycles. The molecule has 0 saturated heterocycles. The van der Waals surface area contributed by atoms with Gasteiger partial charge in [-0.25, -0.2) is 0 Å². The minimum atomic E-state index is -0.435. The average Bonchev–Trinajstić information content (AvgIpc) is 2.54. The van der Waals surface area contributed by atoms with Gasteiger partial charge in [0, 0.05) is 47.0 Å². The highest BCUT2D eigenvalue weighted by Crippen LogP contribution is 2.36. The number of nitrogens with two attached hydrogens (primary N) is 1. The second-order valence-corrected chi connectivity index (χ2v) is 5.79. The third-order valence-corrected chi connectivity index (χ3v) is 4.35. The van der Waals surface area contributed by atoms with Crippen molar-refractivity contribution in [2.24, 2.45) is 5.73 Å². The van der Waals surface area contributed by atoms with E-state index < -0.39 is 5.91 Å². The van der Waals surface area contributed by atoms with Crippen LogP contribution < -0.4 is 5.73 Å². The summed E-state index contributed by atoms with van der Waals surface area (Å²) in [4.78, 5) is 40.4. The predicted molar refractivity (Wildman–Crippen MR) is 86.5 cm³/mol. The van der Waals surface area contributed by atoms with Crippen LogP contribution in [0.25, 0.3) is 0 Å². The first-order chi connectivity index (χ1) is 10.8. The molecule has 23 heavy (non-hydrogen) atoms. The van der Waals surface area contributed by atoms with Crippen LogP contribution in [0.3, 0.4) is 0 Å². The number of rotatable bonds is 5. The van der Waals surface area contributed by atoms with Gasteiger partial charge in [-0.3, -0.25) is 19.4 Å². The highest BCUT2D eigenvalue weighted by atomic mass is 16.1. The van der Waals surface area contributed by atoms with E-state index in [0.717, 1.165) is 5.56 Å². The van der Waals surface area contributed by atoms with Gasteiger partial charge in [0.05, 0.1) is 0 Å². The maximum absolute atomic E-state index is 12.7. The van der Waals surface area contributed by atoms with Gasteiger partial charge in [0.2, 0.25) is 5.91 Å². The second kappa shape index (κ2) is 6.69. The van der Waals surface area contributed by atoms with Gasteiger partial charge in [0.25, 0.3) is 0 Å². The predicted octanol–water partition coefficient (Wildman–Crippen LogP) is 2.24. The van der Waals surface area contributed by atoms with E-state index in [0.29, 0.717) is 28.7 Å². The fraction of sp³-hybridized carbons (Fsp3) is 0.333. The van der Waals surface area contributed by atoms with Crippen LogP contribution in [0.1, 0.15) is 45.1 Å². The third kappa shape index (κ3) is 3.28. The standard InChI is InChI=1S/C18H20N2O3/c1-10-11(2)18(23)16(12(3)17(10)22)14(6-7-15(19)21)13-5-4-8-20-9-13/h4-5,8-9,14H,6-7H2,1-3H3,(H2,19,21). The molecule has 0 fully saturated rings. The summed E-state index contributed by atoms with van der Waals surface area (Å²) < 4.78 is 0. The number of Topliss-reactive ketones (excluding diaryl/α,β-unsaturated/α-hetero) is 2. The number of nitrogens with zero attached hydrogens (tertiary/aromatic N) is 1. The lowest BCUT2D eigenvalue weighted by Crippen LogP contribution is -2.25. The molecule has 0 aliphatic heterocycles. The Morgan fingerprint density at radius 1 is 1.13 bits per heavy atom. The molecular formula is C18H20N2O3. The van der Waals surface area contributed by atoms with Gasteiger partial charge in [-0.2, -0.15) is 0 Å². The monoisotopic (exact) mass is 312 g/mol. The summed E-state index contributed by atoms with van der Waals surface area (Å²) >= 11 is 0. The van der Waals surface area contributed by atoms with Crippen molar-refractivity contribution in [1.82, 2.24) is 4.98 Å². The van der Waals surface area contributed by atoms with Crippen molar-refractivity contribution in [2.75, 3.05) is 0 Å². The maximum atomic E-state index is 12.7. The molecule has 5 nitrogen and oxygen atoms in total. The molecule has 1 aromatic heterocycles. The third-order valence-electron chi connectivity index (χ3n) is 4.35. The quantitative estimate of drug-likeness (QED) is 0.844. The number of hydrogen-bond acceptors (Lipinski definition) is 4. The molecule has 1 unspecified atom stereocenters. The van der Waals surface area contributed by atoms with Crippen LogP contribution in [0.2, 0.25) is 0 Å². The van der Waals surface area contributed by atoms with Gasteiger partial charge < -0.3 is 5.73 Å². The second-order valence-electron chi connectivity index (χ2n) is 5.79. The maximum Gasteiger partial charge on any atom is 0.217 e. The van der Waals surface area contributed by atoms with E-state index in [-0.39, 0.29) is 23.9 Å². The van der Waals surface area contributed by atoms with Crippen LogP contribution in [0, 0.1) is 0 Å². The minimum Gasteiger partial charge on any atom is -0.370 e. The topological polar surface area (TPSA) is 90.1 Å². The Hall–Kier alpha value is -2.56. The van der Waals surface area contributed by atoms with Crippen LogP contribution in [0.4, 0.5) is 0 Å². The molecule has 1 aliphatic carbocycles. The van der Waals surface area contributed by atoms with Crippen LogP contribution in [-0.4, -0.2) is 22.5 Å². The van der Waals surface area contributed by atoms with Gasteiger partial charge in [0.1, 0.15) is 0 Å².